The fourth-order valence-corrected chi connectivity index (χ4v) is 3.80. The van der Waals surface area contributed by atoms with Gasteiger partial charge in [-0.3, -0.25) is 4.18 Å². The van der Waals surface area contributed by atoms with Gasteiger partial charge in [0.2, 0.25) is 0 Å². The van der Waals surface area contributed by atoms with Gasteiger partial charge in [0.1, 0.15) is 15.8 Å². The van der Waals surface area contributed by atoms with Gasteiger partial charge in [0.05, 0.1) is 4.34 Å². The minimum absolute atomic E-state index is 0.0113. The van der Waals surface area contributed by atoms with Crippen LogP contribution in [-0.4, -0.2) is 27.4 Å². The Morgan fingerprint density at radius 3 is 2.33 bits per heavy atom. The fourth-order valence-electron chi connectivity index (χ4n) is 0.778. The molecule has 0 aliphatic heterocycles. The molecular weight excluding hydrogens is 343 g/mol. The Balaban J connectivity index is 2.88. The summed E-state index contributed by atoms with van der Waals surface area (Å²) in [6.07, 6.45) is -4.03. The first-order valence-corrected chi connectivity index (χ1v) is 7.04. The zero-order chi connectivity index (χ0) is 14.1. The SMILES string of the molecule is O=S(=O)(OCC(F)(F)C(F)F)c1cc(Cl)sc1Cl. The van der Waals surface area contributed by atoms with Crippen LogP contribution < -0.4 is 0 Å². The van der Waals surface area contributed by atoms with Crippen molar-refractivity contribution in [1.29, 1.82) is 0 Å². The maximum atomic E-state index is 12.5. The van der Waals surface area contributed by atoms with Gasteiger partial charge < -0.3 is 0 Å². The smallest absolute Gasteiger partial charge is 0.260 e. The van der Waals surface area contributed by atoms with Crippen LogP contribution in [0.3, 0.4) is 0 Å². The number of thiophene rings is 1. The van der Waals surface area contributed by atoms with E-state index in [-0.39, 0.29) is 8.67 Å². The zero-order valence-electron chi connectivity index (χ0n) is 8.17. The molecule has 0 amide bonds. The van der Waals surface area contributed by atoms with E-state index in [1.165, 1.54) is 0 Å². The van der Waals surface area contributed by atoms with Gasteiger partial charge in [-0.25, -0.2) is 8.78 Å². The van der Waals surface area contributed by atoms with Gasteiger partial charge in [0, 0.05) is 0 Å². The molecule has 1 aromatic rings. The van der Waals surface area contributed by atoms with Crippen molar-refractivity contribution in [3.63, 3.8) is 0 Å². The number of alkyl halides is 4. The van der Waals surface area contributed by atoms with Crippen LogP contribution in [0.5, 0.6) is 0 Å². The Bertz CT molecular complexity index is 529. The first-order chi connectivity index (χ1) is 8.06. The van der Waals surface area contributed by atoms with Crippen LogP contribution in [0.4, 0.5) is 17.6 Å². The lowest BCUT2D eigenvalue weighted by molar-refractivity contribution is -0.147. The molecule has 1 heterocycles. The second-order valence-corrected chi connectivity index (χ2v) is 6.84. The summed E-state index contributed by atoms with van der Waals surface area (Å²) in [7, 11) is -4.66. The maximum Gasteiger partial charge on any atom is 0.331 e. The molecular formula is C7H4Cl2F4O3S2. The van der Waals surface area contributed by atoms with E-state index in [1.54, 1.807) is 0 Å². The van der Waals surface area contributed by atoms with E-state index >= 15 is 0 Å². The van der Waals surface area contributed by atoms with Gasteiger partial charge in [-0.15, -0.1) is 11.3 Å². The molecule has 104 valence electrons. The van der Waals surface area contributed by atoms with E-state index in [0.29, 0.717) is 11.3 Å². The lowest BCUT2D eigenvalue weighted by Crippen LogP contribution is -2.33. The molecule has 0 fully saturated rings. The summed E-state index contributed by atoms with van der Waals surface area (Å²) in [4.78, 5) is -0.635. The van der Waals surface area contributed by atoms with Crippen molar-refractivity contribution in [3.8, 4) is 0 Å². The third-order valence-electron chi connectivity index (χ3n) is 1.62. The van der Waals surface area contributed by atoms with Crippen molar-refractivity contribution in [2.75, 3.05) is 6.61 Å². The Morgan fingerprint density at radius 2 is 1.94 bits per heavy atom. The lowest BCUT2D eigenvalue weighted by atomic mass is 10.4. The first-order valence-electron chi connectivity index (χ1n) is 4.06. The van der Waals surface area contributed by atoms with Crippen LogP contribution in [0.15, 0.2) is 11.0 Å². The summed E-state index contributed by atoms with van der Waals surface area (Å²) in [6.45, 7) is -1.98. The average molecular weight is 347 g/mol. The molecule has 3 nitrogen and oxygen atoms in total. The molecule has 0 unspecified atom stereocenters. The molecule has 0 saturated carbocycles. The minimum atomic E-state index is -4.66. The van der Waals surface area contributed by atoms with Gasteiger partial charge in [-0.2, -0.15) is 17.2 Å². The summed E-state index contributed by atoms with van der Waals surface area (Å²) in [6, 6.07) is 0.879. The molecule has 18 heavy (non-hydrogen) atoms. The maximum absolute atomic E-state index is 12.5. The number of rotatable bonds is 5. The van der Waals surface area contributed by atoms with Crippen molar-refractivity contribution in [2.24, 2.45) is 0 Å². The van der Waals surface area contributed by atoms with E-state index in [9.17, 15) is 26.0 Å². The highest BCUT2D eigenvalue weighted by molar-refractivity contribution is 7.87. The normalized spacial score (nSPS) is 13.3. The molecule has 0 aliphatic carbocycles. The molecule has 0 aliphatic rings. The van der Waals surface area contributed by atoms with Crippen LogP contribution in [0, 0.1) is 0 Å². The van der Waals surface area contributed by atoms with Gasteiger partial charge in [-0.05, 0) is 6.07 Å². The van der Waals surface area contributed by atoms with E-state index in [4.69, 9.17) is 23.2 Å². The Hall–Kier alpha value is -0.0900. The highest BCUT2D eigenvalue weighted by Crippen LogP contribution is 2.35. The predicted molar refractivity (Wildman–Crippen MR) is 58.4 cm³/mol. The molecule has 0 aromatic carbocycles. The molecule has 0 spiro atoms. The van der Waals surface area contributed by atoms with Crippen molar-refractivity contribution < 1.29 is 30.2 Å². The predicted octanol–water partition coefficient (Wildman–Crippen LogP) is 3.66. The van der Waals surface area contributed by atoms with E-state index in [1.807, 2.05) is 0 Å². The third-order valence-corrected chi connectivity index (χ3v) is 4.64. The van der Waals surface area contributed by atoms with E-state index in [2.05, 4.69) is 4.18 Å². The summed E-state index contributed by atoms with van der Waals surface area (Å²) in [5.41, 5.74) is 0. The Morgan fingerprint density at radius 1 is 1.39 bits per heavy atom. The highest BCUT2D eigenvalue weighted by atomic mass is 35.5. The quantitative estimate of drug-likeness (QED) is 0.603. The minimum Gasteiger partial charge on any atom is -0.260 e. The molecule has 0 radical (unpaired) electrons. The van der Waals surface area contributed by atoms with Gasteiger partial charge in [-0.1, -0.05) is 23.2 Å². The Kier molecular flexibility index (Phi) is 4.87. The van der Waals surface area contributed by atoms with E-state index in [0.717, 1.165) is 6.07 Å². The van der Waals surface area contributed by atoms with Crippen molar-refractivity contribution in [2.45, 2.75) is 17.2 Å². The fraction of sp³-hybridized carbons (Fsp3) is 0.429. The van der Waals surface area contributed by atoms with Gasteiger partial charge in [0.15, 0.2) is 0 Å². The van der Waals surface area contributed by atoms with Crippen LogP contribution in [0.1, 0.15) is 0 Å². The van der Waals surface area contributed by atoms with Crippen molar-refractivity contribution in [1.82, 2.24) is 0 Å². The molecule has 1 aromatic heterocycles. The van der Waals surface area contributed by atoms with Crippen LogP contribution in [0.2, 0.25) is 8.67 Å². The summed E-state index contributed by atoms with van der Waals surface area (Å²) in [5.74, 6) is -4.57. The second-order valence-electron chi connectivity index (χ2n) is 2.97. The molecule has 11 heteroatoms. The van der Waals surface area contributed by atoms with Gasteiger partial charge in [0.25, 0.3) is 10.1 Å². The van der Waals surface area contributed by atoms with Crippen LogP contribution in [0.25, 0.3) is 0 Å². The lowest BCUT2D eigenvalue weighted by Gasteiger charge is -2.14. The molecule has 0 saturated heterocycles. The standard InChI is InChI=1S/C7H4Cl2F4O3S2/c8-4-1-3(5(9)17-4)18(14,15)16-2-7(12,13)6(10)11/h1,6H,2H2. The molecule has 0 N–H and O–H groups in total. The monoisotopic (exact) mass is 346 g/mol. The third kappa shape index (κ3) is 3.70. The van der Waals surface area contributed by atoms with Crippen molar-refractivity contribution in [3.05, 3.63) is 14.7 Å². The van der Waals surface area contributed by atoms with Crippen molar-refractivity contribution >= 4 is 44.7 Å². The average Bonchev–Trinajstić information content (AvgIpc) is 2.56. The van der Waals surface area contributed by atoms with E-state index < -0.39 is 34.0 Å². The first kappa shape index (κ1) is 16.0. The molecule has 1 rings (SSSR count). The summed E-state index contributed by atoms with van der Waals surface area (Å²) < 4.78 is 74.9. The largest absolute Gasteiger partial charge is 0.331 e. The number of halogens is 6. The highest BCUT2D eigenvalue weighted by Gasteiger charge is 2.43. The molecule has 0 bridgehead atoms. The summed E-state index contributed by atoms with van der Waals surface area (Å²) in [5, 5.41) is 0. The topological polar surface area (TPSA) is 43.4 Å². The summed E-state index contributed by atoms with van der Waals surface area (Å²) >= 11 is 11.6. The number of hydrogen-bond acceptors (Lipinski definition) is 4. The molecule has 0 atom stereocenters. The van der Waals surface area contributed by atoms with Crippen LogP contribution in [-0.2, 0) is 14.3 Å². The number of hydrogen-bond donors (Lipinski definition) is 0. The zero-order valence-corrected chi connectivity index (χ0v) is 11.3. The second kappa shape index (κ2) is 5.49. The van der Waals surface area contributed by atoms with Crippen LogP contribution >= 0.6 is 34.5 Å². The van der Waals surface area contributed by atoms with Gasteiger partial charge >= 0.3 is 12.3 Å². The Labute approximate surface area is 113 Å².